The van der Waals surface area contributed by atoms with Crippen LogP contribution < -0.4 is 5.32 Å². The molecule has 2 rings (SSSR count). The molecule has 1 amide bonds. The Morgan fingerprint density at radius 3 is 3.19 bits per heavy atom. The van der Waals surface area contributed by atoms with E-state index in [1.165, 1.54) is 11.3 Å². The van der Waals surface area contributed by atoms with Gasteiger partial charge in [0.15, 0.2) is 5.82 Å². The number of amides is 1. The van der Waals surface area contributed by atoms with Gasteiger partial charge < -0.3 is 5.32 Å². The number of carbonyl (C=O) groups excluding carboxylic acids is 1. The zero-order valence-corrected chi connectivity index (χ0v) is 9.67. The molecule has 0 atom stereocenters. The first-order valence-electron chi connectivity index (χ1n) is 5.03. The predicted octanol–water partition coefficient (Wildman–Crippen LogP) is 2.07. The third-order valence-electron chi connectivity index (χ3n) is 2.06. The summed E-state index contributed by atoms with van der Waals surface area (Å²) < 4.78 is 0. The van der Waals surface area contributed by atoms with Gasteiger partial charge in [-0.2, -0.15) is 5.10 Å². The lowest BCUT2D eigenvalue weighted by atomic mass is 10.2. The Labute approximate surface area is 96.9 Å². The molecule has 0 aliphatic carbocycles. The van der Waals surface area contributed by atoms with Crippen LogP contribution in [0.5, 0.6) is 0 Å². The lowest BCUT2D eigenvalue weighted by Gasteiger charge is -1.96. The van der Waals surface area contributed by atoms with Gasteiger partial charge in [-0.05, 0) is 6.42 Å². The van der Waals surface area contributed by atoms with Gasteiger partial charge in [-0.3, -0.25) is 9.89 Å². The summed E-state index contributed by atoms with van der Waals surface area (Å²) in [5.74, 6) is 0.317. The van der Waals surface area contributed by atoms with E-state index in [0.717, 1.165) is 18.5 Å². The minimum absolute atomic E-state index is 0.226. The summed E-state index contributed by atoms with van der Waals surface area (Å²) in [4.78, 5) is 15.5. The molecule has 0 fully saturated rings. The van der Waals surface area contributed by atoms with Crippen molar-refractivity contribution < 1.29 is 4.79 Å². The molecule has 0 aliphatic heterocycles. The molecular formula is C10H12N4OS. The fourth-order valence-electron chi connectivity index (χ4n) is 1.33. The molecule has 16 heavy (non-hydrogen) atoms. The van der Waals surface area contributed by atoms with E-state index in [0.29, 0.717) is 11.5 Å². The molecular weight excluding hydrogens is 224 g/mol. The number of rotatable bonds is 4. The second-order valence-corrected chi connectivity index (χ2v) is 4.07. The van der Waals surface area contributed by atoms with E-state index in [2.05, 4.69) is 27.4 Å². The first-order valence-corrected chi connectivity index (χ1v) is 5.97. The number of nitrogens with one attached hydrogen (secondary N) is 2. The molecule has 2 N–H and O–H groups in total. The van der Waals surface area contributed by atoms with Crippen LogP contribution in [0, 0.1) is 0 Å². The van der Waals surface area contributed by atoms with Gasteiger partial charge in [0, 0.05) is 17.1 Å². The molecule has 2 aromatic rings. The van der Waals surface area contributed by atoms with Gasteiger partial charge in [0.2, 0.25) is 0 Å². The van der Waals surface area contributed by atoms with Crippen molar-refractivity contribution in [2.75, 3.05) is 5.32 Å². The summed E-state index contributed by atoms with van der Waals surface area (Å²) >= 11 is 1.39. The lowest BCUT2D eigenvalue weighted by Crippen LogP contribution is -2.12. The molecule has 0 aliphatic rings. The standard InChI is InChI=1S/C10H12N4OS/c1-2-3-7-4-9(14-13-7)12-10(15)8-5-16-6-11-8/h4-6H,2-3H2,1H3,(H2,12,13,14,15). The van der Waals surface area contributed by atoms with Gasteiger partial charge in [0.1, 0.15) is 5.69 Å². The van der Waals surface area contributed by atoms with Crippen molar-refractivity contribution in [2.45, 2.75) is 19.8 Å². The van der Waals surface area contributed by atoms with Crippen molar-refractivity contribution in [3.05, 3.63) is 28.3 Å². The van der Waals surface area contributed by atoms with E-state index in [-0.39, 0.29) is 5.91 Å². The summed E-state index contributed by atoms with van der Waals surface area (Å²) in [5.41, 5.74) is 3.07. The van der Waals surface area contributed by atoms with Gasteiger partial charge in [-0.15, -0.1) is 11.3 Å². The molecule has 0 unspecified atom stereocenters. The van der Waals surface area contributed by atoms with Gasteiger partial charge in [0.05, 0.1) is 5.51 Å². The van der Waals surface area contributed by atoms with Gasteiger partial charge >= 0.3 is 0 Å². The number of aryl methyl sites for hydroxylation is 1. The maximum Gasteiger partial charge on any atom is 0.276 e. The highest BCUT2D eigenvalue weighted by molar-refractivity contribution is 7.07. The van der Waals surface area contributed by atoms with E-state index in [1.54, 1.807) is 10.9 Å². The summed E-state index contributed by atoms with van der Waals surface area (Å²) in [6, 6.07) is 1.84. The largest absolute Gasteiger partial charge is 0.304 e. The van der Waals surface area contributed by atoms with Crippen LogP contribution in [0.15, 0.2) is 17.0 Å². The maximum atomic E-state index is 11.6. The highest BCUT2D eigenvalue weighted by Gasteiger charge is 2.09. The Balaban J connectivity index is 2.01. The van der Waals surface area contributed by atoms with E-state index >= 15 is 0 Å². The number of nitrogens with zero attached hydrogens (tertiary/aromatic N) is 2. The van der Waals surface area contributed by atoms with Crippen molar-refractivity contribution in [3.63, 3.8) is 0 Å². The van der Waals surface area contributed by atoms with E-state index in [4.69, 9.17) is 0 Å². The molecule has 0 aromatic carbocycles. The van der Waals surface area contributed by atoms with Crippen molar-refractivity contribution in [3.8, 4) is 0 Å². The predicted molar refractivity (Wildman–Crippen MR) is 62.6 cm³/mol. The molecule has 0 spiro atoms. The molecule has 0 radical (unpaired) electrons. The fraction of sp³-hybridized carbons (Fsp3) is 0.300. The third-order valence-corrected chi connectivity index (χ3v) is 2.64. The number of carbonyl (C=O) groups is 1. The minimum Gasteiger partial charge on any atom is -0.304 e. The highest BCUT2D eigenvalue weighted by atomic mass is 32.1. The Morgan fingerprint density at radius 1 is 1.62 bits per heavy atom. The van der Waals surface area contributed by atoms with Crippen molar-refractivity contribution >= 4 is 23.1 Å². The topological polar surface area (TPSA) is 70.7 Å². The van der Waals surface area contributed by atoms with Gasteiger partial charge in [-0.1, -0.05) is 13.3 Å². The average molecular weight is 236 g/mol. The fourth-order valence-corrected chi connectivity index (χ4v) is 1.86. The summed E-state index contributed by atoms with van der Waals surface area (Å²) in [6.45, 7) is 2.09. The molecule has 6 heteroatoms. The zero-order valence-electron chi connectivity index (χ0n) is 8.86. The maximum absolute atomic E-state index is 11.6. The van der Waals surface area contributed by atoms with Crippen LogP contribution in [0.25, 0.3) is 0 Å². The molecule has 84 valence electrons. The second kappa shape index (κ2) is 4.89. The lowest BCUT2D eigenvalue weighted by molar-refractivity contribution is 0.102. The Morgan fingerprint density at radius 2 is 2.50 bits per heavy atom. The Kier molecular flexibility index (Phi) is 3.31. The first-order chi connectivity index (χ1) is 7.79. The number of anilines is 1. The van der Waals surface area contributed by atoms with Crippen LogP contribution in [0.3, 0.4) is 0 Å². The smallest absolute Gasteiger partial charge is 0.276 e. The highest BCUT2D eigenvalue weighted by Crippen LogP contribution is 2.09. The molecule has 5 nitrogen and oxygen atoms in total. The van der Waals surface area contributed by atoms with Gasteiger partial charge in [0.25, 0.3) is 5.91 Å². The van der Waals surface area contributed by atoms with Crippen LogP contribution in [0.1, 0.15) is 29.5 Å². The Bertz CT molecular complexity index is 463. The van der Waals surface area contributed by atoms with E-state index < -0.39 is 0 Å². The van der Waals surface area contributed by atoms with Crippen LogP contribution >= 0.6 is 11.3 Å². The molecule has 0 bridgehead atoms. The first kappa shape index (κ1) is 10.8. The summed E-state index contributed by atoms with van der Waals surface area (Å²) in [6.07, 6.45) is 1.97. The molecule has 2 heterocycles. The number of thiazole rings is 1. The monoisotopic (exact) mass is 236 g/mol. The van der Waals surface area contributed by atoms with Crippen molar-refractivity contribution in [1.29, 1.82) is 0 Å². The third kappa shape index (κ3) is 2.46. The summed E-state index contributed by atoms with van der Waals surface area (Å²) in [7, 11) is 0. The number of hydrogen-bond acceptors (Lipinski definition) is 4. The van der Waals surface area contributed by atoms with Crippen molar-refractivity contribution in [1.82, 2.24) is 15.2 Å². The average Bonchev–Trinajstić information content (AvgIpc) is 2.89. The van der Waals surface area contributed by atoms with Crippen LogP contribution in [0.2, 0.25) is 0 Å². The van der Waals surface area contributed by atoms with Crippen LogP contribution in [-0.2, 0) is 6.42 Å². The Hall–Kier alpha value is -1.69. The van der Waals surface area contributed by atoms with E-state index in [1.807, 2.05) is 6.07 Å². The van der Waals surface area contributed by atoms with Crippen LogP contribution in [-0.4, -0.2) is 21.1 Å². The number of aromatic nitrogens is 3. The molecule has 2 aromatic heterocycles. The number of aromatic amines is 1. The second-order valence-electron chi connectivity index (χ2n) is 3.36. The number of H-pyrrole nitrogens is 1. The zero-order chi connectivity index (χ0) is 11.4. The van der Waals surface area contributed by atoms with Crippen molar-refractivity contribution in [2.24, 2.45) is 0 Å². The SMILES string of the molecule is CCCc1cc(NC(=O)c2cscn2)n[nH]1. The van der Waals surface area contributed by atoms with Gasteiger partial charge in [-0.25, -0.2) is 4.98 Å². The quantitative estimate of drug-likeness (QED) is 0.853. The molecule has 0 saturated heterocycles. The minimum atomic E-state index is -0.226. The molecule has 0 saturated carbocycles. The van der Waals surface area contributed by atoms with E-state index in [9.17, 15) is 4.79 Å². The van der Waals surface area contributed by atoms with Crippen LogP contribution in [0.4, 0.5) is 5.82 Å². The summed E-state index contributed by atoms with van der Waals surface area (Å²) in [5, 5.41) is 11.3. The normalized spacial score (nSPS) is 10.3. The number of hydrogen-bond donors (Lipinski definition) is 2.